The summed E-state index contributed by atoms with van der Waals surface area (Å²) in [7, 11) is 0. The van der Waals surface area contributed by atoms with Crippen LogP contribution >= 0.6 is 0 Å². The van der Waals surface area contributed by atoms with Crippen LogP contribution in [-0.2, 0) is 16.2 Å². The third-order valence-corrected chi connectivity index (χ3v) is 11.6. The second-order valence-corrected chi connectivity index (χ2v) is 17.1. The summed E-state index contributed by atoms with van der Waals surface area (Å²) in [6.07, 6.45) is 0. The van der Waals surface area contributed by atoms with Gasteiger partial charge < -0.3 is 9.32 Å². The molecule has 54 heavy (non-hydrogen) atoms. The molecule has 0 radical (unpaired) electrons. The van der Waals surface area contributed by atoms with Gasteiger partial charge in [0, 0.05) is 16.8 Å². The third-order valence-electron chi connectivity index (χ3n) is 11.6. The first kappa shape index (κ1) is 33.9. The molecule has 0 aliphatic heterocycles. The van der Waals surface area contributed by atoms with Crippen LogP contribution in [-0.4, -0.2) is 0 Å². The van der Waals surface area contributed by atoms with E-state index in [-0.39, 0.29) is 10.8 Å². The van der Waals surface area contributed by atoms with Crippen LogP contribution in [0.5, 0.6) is 0 Å². The van der Waals surface area contributed by atoms with Crippen molar-refractivity contribution in [2.75, 3.05) is 4.90 Å². The highest BCUT2D eigenvalue weighted by Crippen LogP contribution is 2.57. The van der Waals surface area contributed by atoms with Crippen molar-refractivity contribution in [3.8, 4) is 11.1 Å². The molecule has 0 amide bonds. The lowest BCUT2D eigenvalue weighted by molar-refractivity contribution is 0.587. The molecule has 2 nitrogen and oxygen atoms in total. The molecule has 1 heterocycles. The van der Waals surface area contributed by atoms with E-state index in [1.54, 1.807) is 0 Å². The van der Waals surface area contributed by atoms with Crippen LogP contribution < -0.4 is 4.90 Å². The van der Waals surface area contributed by atoms with E-state index in [9.17, 15) is 0 Å². The van der Waals surface area contributed by atoms with Crippen molar-refractivity contribution in [3.63, 3.8) is 0 Å². The van der Waals surface area contributed by atoms with E-state index >= 15 is 0 Å². The van der Waals surface area contributed by atoms with Crippen molar-refractivity contribution in [1.82, 2.24) is 0 Å². The van der Waals surface area contributed by atoms with Gasteiger partial charge in [-0.25, -0.2) is 0 Å². The van der Waals surface area contributed by atoms with Gasteiger partial charge in [0.15, 0.2) is 0 Å². The summed E-state index contributed by atoms with van der Waals surface area (Å²) >= 11 is 0. The van der Waals surface area contributed by atoms with Gasteiger partial charge in [-0.3, -0.25) is 0 Å². The fourth-order valence-electron chi connectivity index (χ4n) is 8.87. The lowest BCUT2D eigenvalue weighted by Crippen LogP contribution is -2.29. The molecule has 9 rings (SSSR count). The fourth-order valence-corrected chi connectivity index (χ4v) is 8.87. The summed E-state index contributed by atoms with van der Waals surface area (Å²) in [6, 6.07) is 58.4. The van der Waals surface area contributed by atoms with Gasteiger partial charge in [0.05, 0.1) is 16.5 Å². The summed E-state index contributed by atoms with van der Waals surface area (Å²) in [5, 5.41) is 2.24. The average Bonchev–Trinajstić information content (AvgIpc) is 3.69. The minimum atomic E-state index is -0.462. The number of rotatable bonds is 5. The standard InChI is InChI=1S/C52H47NO/c1-34-31-39(29-30-43(34)52(36-17-9-8-10-18-36)44-22-14-11-19-40(44)41-20-12-15-23-45(41)52)53(38-27-25-35(26-28-38)50(2,3)4)46-32-37(51(5,6)7)33-48-49(46)42-21-13-16-24-47(42)54-48/h8-33H,1-7H3. The van der Waals surface area contributed by atoms with E-state index < -0.39 is 5.41 Å². The summed E-state index contributed by atoms with van der Waals surface area (Å²) in [5.41, 5.74) is 16.2. The second kappa shape index (κ2) is 12.4. The first-order chi connectivity index (χ1) is 26.0. The van der Waals surface area contributed by atoms with Crippen molar-refractivity contribution in [1.29, 1.82) is 0 Å². The Morgan fingerprint density at radius 2 is 1.06 bits per heavy atom. The van der Waals surface area contributed by atoms with Gasteiger partial charge in [0.2, 0.25) is 0 Å². The van der Waals surface area contributed by atoms with Crippen LogP contribution in [0.1, 0.15) is 80.5 Å². The van der Waals surface area contributed by atoms with Gasteiger partial charge in [0.25, 0.3) is 0 Å². The van der Waals surface area contributed by atoms with Crippen molar-refractivity contribution < 1.29 is 4.42 Å². The van der Waals surface area contributed by atoms with Crippen LogP contribution in [0.3, 0.4) is 0 Å². The van der Waals surface area contributed by atoms with Crippen LogP contribution in [0.4, 0.5) is 17.1 Å². The lowest BCUT2D eigenvalue weighted by atomic mass is 9.66. The van der Waals surface area contributed by atoms with Crippen molar-refractivity contribution in [2.24, 2.45) is 0 Å². The molecule has 0 spiro atoms. The number of para-hydroxylation sites is 1. The van der Waals surface area contributed by atoms with Gasteiger partial charge in [-0.2, -0.15) is 0 Å². The monoisotopic (exact) mass is 701 g/mol. The van der Waals surface area contributed by atoms with Crippen molar-refractivity contribution >= 4 is 39.0 Å². The van der Waals surface area contributed by atoms with E-state index in [2.05, 4.69) is 211 Å². The Balaban J connectivity index is 1.33. The molecule has 7 aromatic carbocycles. The maximum Gasteiger partial charge on any atom is 0.137 e. The molecule has 0 fully saturated rings. The van der Waals surface area contributed by atoms with Crippen LogP contribution in [0.2, 0.25) is 0 Å². The molecule has 1 aliphatic rings. The number of hydrogen-bond acceptors (Lipinski definition) is 2. The highest BCUT2D eigenvalue weighted by atomic mass is 16.3. The van der Waals surface area contributed by atoms with E-state index in [4.69, 9.17) is 4.42 Å². The molecule has 0 unspecified atom stereocenters. The number of nitrogens with zero attached hydrogens (tertiary/aromatic N) is 1. The van der Waals surface area contributed by atoms with Crippen LogP contribution in [0.15, 0.2) is 162 Å². The largest absolute Gasteiger partial charge is 0.456 e. The van der Waals surface area contributed by atoms with E-state index in [0.717, 1.165) is 39.0 Å². The first-order valence-corrected chi connectivity index (χ1v) is 19.2. The number of fused-ring (bicyclic) bond motifs is 6. The Bertz CT molecular complexity index is 2640. The second-order valence-electron chi connectivity index (χ2n) is 17.1. The molecule has 266 valence electrons. The fraction of sp³-hybridized carbons (Fsp3) is 0.192. The SMILES string of the molecule is Cc1cc(N(c2ccc(C(C)(C)C)cc2)c2cc(C(C)(C)C)cc3oc4ccccc4c23)ccc1C1(c2ccccc2)c2ccccc2-c2ccccc21. The third kappa shape index (κ3) is 5.22. The molecular weight excluding hydrogens is 655 g/mol. The Labute approximate surface area is 319 Å². The Hall–Kier alpha value is -5.86. The Morgan fingerprint density at radius 3 is 1.69 bits per heavy atom. The van der Waals surface area contributed by atoms with Crippen molar-refractivity contribution in [2.45, 2.75) is 64.7 Å². The van der Waals surface area contributed by atoms with Crippen LogP contribution in [0, 0.1) is 6.92 Å². The molecule has 2 heteroatoms. The maximum atomic E-state index is 6.63. The highest BCUT2D eigenvalue weighted by molar-refractivity contribution is 6.13. The molecule has 0 atom stereocenters. The minimum Gasteiger partial charge on any atom is -0.456 e. The molecule has 0 bridgehead atoms. The zero-order valence-electron chi connectivity index (χ0n) is 32.4. The van der Waals surface area contributed by atoms with E-state index in [1.165, 1.54) is 50.1 Å². The summed E-state index contributed by atoms with van der Waals surface area (Å²) in [4.78, 5) is 2.45. The predicted octanol–water partition coefficient (Wildman–Crippen LogP) is 14.3. The number of benzene rings is 7. The number of anilines is 3. The van der Waals surface area contributed by atoms with Gasteiger partial charge in [-0.1, -0.05) is 157 Å². The molecular formula is C52H47NO. The van der Waals surface area contributed by atoms with Crippen molar-refractivity contribution in [3.05, 3.63) is 197 Å². The van der Waals surface area contributed by atoms with Gasteiger partial charge in [-0.05, 0) is 110 Å². The molecule has 1 aromatic heterocycles. The first-order valence-electron chi connectivity index (χ1n) is 19.2. The molecule has 0 N–H and O–H groups in total. The molecule has 0 saturated heterocycles. The molecule has 0 saturated carbocycles. The zero-order valence-corrected chi connectivity index (χ0v) is 32.4. The minimum absolute atomic E-state index is 0.0431. The zero-order chi connectivity index (χ0) is 37.4. The molecule has 8 aromatic rings. The molecule has 1 aliphatic carbocycles. The van der Waals surface area contributed by atoms with Crippen LogP contribution in [0.25, 0.3) is 33.1 Å². The summed E-state index contributed by atoms with van der Waals surface area (Å²) in [6.45, 7) is 16.0. The quantitative estimate of drug-likeness (QED) is 0.178. The van der Waals surface area contributed by atoms with E-state index in [1.807, 2.05) is 0 Å². The Kier molecular flexibility index (Phi) is 7.76. The summed E-state index contributed by atoms with van der Waals surface area (Å²) < 4.78 is 6.63. The maximum absolute atomic E-state index is 6.63. The normalized spacial score (nSPS) is 13.6. The average molecular weight is 702 g/mol. The van der Waals surface area contributed by atoms with Gasteiger partial charge in [-0.15, -0.1) is 0 Å². The van der Waals surface area contributed by atoms with Gasteiger partial charge in [0.1, 0.15) is 11.2 Å². The smallest absolute Gasteiger partial charge is 0.137 e. The summed E-state index contributed by atoms with van der Waals surface area (Å²) in [5.74, 6) is 0. The lowest BCUT2D eigenvalue weighted by Gasteiger charge is -2.36. The number of hydrogen-bond donors (Lipinski definition) is 0. The predicted molar refractivity (Wildman–Crippen MR) is 228 cm³/mol. The highest BCUT2D eigenvalue weighted by Gasteiger charge is 2.46. The number of aryl methyl sites for hydroxylation is 1. The number of furan rings is 1. The van der Waals surface area contributed by atoms with Gasteiger partial charge >= 0.3 is 0 Å². The Morgan fingerprint density at radius 1 is 0.481 bits per heavy atom. The van der Waals surface area contributed by atoms with E-state index in [0.29, 0.717) is 0 Å². The topological polar surface area (TPSA) is 16.4 Å².